The zero-order valence-electron chi connectivity index (χ0n) is 9.73. The van der Waals surface area contributed by atoms with Crippen LogP contribution in [0, 0.1) is 13.8 Å². The van der Waals surface area contributed by atoms with Crippen molar-refractivity contribution >= 4 is 11.6 Å². The molecule has 0 saturated carbocycles. The van der Waals surface area contributed by atoms with Crippen molar-refractivity contribution in [1.82, 2.24) is 0 Å². The third-order valence-electron chi connectivity index (χ3n) is 3.10. The molecular formula is C13H17NO2. The smallest absolute Gasteiger partial charge is 0.227 e. The quantitative estimate of drug-likeness (QED) is 0.782. The average molecular weight is 219 g/mol. The van der Waals surface area contributed by atoms with Gasteiger partial charge in [0.2, 0.25) is 5.91 Å². The molecule has 1 aromatic rings. The molecule has 0 bridgehead atoms. The Bertz CT molecular complexity index is 394. The number of aliphatic hydroxyl groups is 1. The minimum Gasteiger partial charge on any atom is -0.391 e. The van der Waals surface area contributed by atoms with Crippen molar-refractivity contribution in [3.05, 3.63) is 29.3 Å². The number of carbonyl (C=O) groups is 1. The van der Waals surface area contributed by atoms with Crippen LogP contribution in [0.4, 0.5) is 5.69 Å². The molecule has 2 rings (SSSR count). The van der Waals surface area contributed by atoms with Gasteiger partial charge in [0.05, 0.1) is 12.6 Å². The molecule has 0 aliphatic carbocycles. The van der Waals surface area contributed by atoms with E-state index in [0.29, 0.717) is 19.4 Å². The summed E-state index contributed by atoms with van der Waals surface area (Å²) in [6, 6.07) is 5.98. The summed E-state index contributed by atoms with van der Waals surface area (Å²) in [6.07, 6.45) is 0.631. The first-order valence-electron chi connectivity index (χ1n) is 5.64. The van der Waals surface area contributed by atoms with Gasteiger partial charge in [-0.15, -0.1) is 0 Å². The van der Waals surface area contributed by atoms with Crippen molar-refractivity contribution in [2.45, 2.75) is 32.8 Å². The molecule has 0 aromatic heterocycles. The number of aryl methyl sites for hydroxylation is 2. The first-order valence-corrected chi connectivity index (χ1v) is 5.64. The number of carbonyl (C=O) groups excluding carboxylic acids is 1. The minimum atomic E-state index is -0.392. The highest BCUT2D eigenvalue weighted by atomic mass is 16.3. The van der Waals surface area contributed by atoms with Gasteiger partial charge in [-0.25, -0.2) is 0 Å². The van der Waals surface area contributed by atoms with Gasteiger partial charge in [0.15, 0.2) is 0 Å². The molecule has 0 spiro atoms. The van der Waals surface area contributed by atoms with Crippen molar-refractivity contribution in [3.8, 4) is 0 Å². The highest BCUT2D eigenvalue weighted by Gasteiger charge is 2.26. The molecule has 1 saturated heterocycles. The van der Waals surface area contributed by atoms with E-state index in [1.807, 2.05) is 32.0 Å². The Kier molecular flexibility index (Phi) is 2.97. The number of benzene rings is 1. The Morgan fingerprint density at radius 3 is 2.56 bits per heavy atom. The van der Waals surface area contributed by atoms with E-state index in [2.05, 4.69) is 0 Å². The maximum atomic E-state index is 11.9. The van der Waals surface area contributed by atoms with E-state index in [-0.39, 0.29) is 5.91 Å². The highest BCUT2D eigenvalue weighted by molar-refractivity contribution is 5.95. The van der Waals surface area contributed by atoms with Gasteiger partial charge < -0.3 is 10.0 Å². The summed E-state index contributed by atoms with van der Waals surface area (Å²) in [7, 11) is 0. The van der Waals surface area contributed by atoms with E-state index < -0.39 is 6.10 Å². The van der Waals surface area contributed by atoms with Crippen molar-refractivity contribution < 1.29 is 9.90 Å². The Morgan fingerprint density at radius 1 is 1.31 bits per heavy atom. The number of nitrogens with zero attached hydrogens (tertiary/aromatic N) is 1. The van der Waals surface area contributed by atoms with Gasteiger partial charge in [-0.3, -0.25) is 4.79 Å². The van der Waals surface area contributed by atoms with Gasteiger partial charge in [0, 0.05) is 12.1 Å². The van der Waals surface area contributed by atoms with Crippen LogP contribution in [0.15, 0.2) is 18.2 Å². The number of rotatable bonds is 1. The number of anilines is 1. The van der Waals surface area contributed by atoms with E-state index in [1.54, 1.807) is 4.90 Å². The zero-order chi connectivity index (χ0) is 11.7. The van der Waals surface area contributed by atoms with Crippen LogP contribution in [0.3, 0.4) is 0 Å². The van der Waals surface area contributed by atoms with E-state index in [9.17, 15) is 9.90 Å². The molecule has 0 radical (unpaired) electrons. The van der Waals surface area contributed by atoms with E-state index in [1.165, 1.54) is 0 Å². The van der Waals surface area contributed by atoms with Crippen LogP contribution in [-0.4, -0.2) is 23.7 Å². The largest absolute Gasteiger partial charge is 0.391 e. The lowest BCUT2D eigenvalue weighted by Gasteiger charge is -2.32. The van der Waals surface area contributed by atoms with Gasteiger partial charge in [-0.05, 0) is 31.4 Å². The molecule has 1 amide bonds. The van der Waals surface area contributed by atoms with Crippen LogP contribution in [0.1, 0.15) is 24.0 Å². The van der Waals surface area contributed by atoms with Crippen LogP contribution in [0.25, 0.3) is 0 Å². The second-order valence-corrected chi connectivity index (χ2v) is 4.44. The normalized spacial score (nSPS) is 21.3. The third-order valence-corrected chi connectivity index (χ3v) is 3.10. The van der Waals surface area contributed by atoms with Crippen LogP contribution in [-0.2, 0) is 4.79 Å². The topological polar surface area (TPSA) is 40.5 Å². The van der Waals surface area contributed by atoms with Gasteiger partial charge in [-0.1, -0.05) is 18.2 Å². The summed E-state index contributed by atoms with van der Waals surface area (Å²) in [5.41, 5.74) is 3.14. The van der Waals surface area contributed by atoms with Crippen molar-refractivity contribution in [1.29, 1.82) is 0 Å². The maximum Gasteiger partial charge on any atom is 0.227 e. The van der Waals surface area contributed by atoms with E-state index in [0.717, 1.165) is 16.8 Å². The standard InChI is InChI=1S/C13H17NO2/c1-9-4-3-5-10(2)13(9)14-8-11(15)6-7-12(14)16/h3-5,11,15H,6-8H2,1-2H3. The summed E-state index contributed by atoms with van der Waals surface area (Å²) in [4.78, 5) is 13.6. The predicted molar refractivity (Wildman–Crippen MR) is 63.5 cm³/mol. The molecule has 1 atom stereocenters. The molecule has 86 valence electrons. The zero-order valence-corrected chi connectivity index (χ0v) is 9.73. The molecule has 16 heavy (non-hydrogen) atoms. The molecule has 1 heterocycles. The summed E-state index contributed by atoms with van der Waals surface area (Å²) in [5, 5.41) is 9.65. The number of para-hydroxylation sites is 1. The van der Waals surface area contributed by atoms with Gasteiger partial charge in [0.1, 0.15) is 0 Å². The number of aliphatic hydroxyl groups excluding tert-OH is 1. The number of hydrogen-bond acceptors (Lipinski definition) is 2. The summed E-state index contributed by atoms with van der Waals surface area (Å²) >= 11 is 0. The van der Waals surface area contributed by atoms with Gasteiger partial charge in [-0.2, -0.15) is 0 Å². The molecule has 3 heteroatoms. The molecule has 1 unspecified atom stereocenters. The Morgan fingerprint density at radius 2 is 1.94 bits per heavy atom. The van der Waals surface area contributed by atoms with Gasteiger partial charge >= 0.3 is 0 Å². The first-order chi connectivity index (χ1) is 7.59. The summed E-state index contributed by atoms with van der Waals surface area (Å²) in [5.74, 6) is 0.114. The monoisotopic (exact) mass is 219 g/mol. The first kappa shape index (κ1) is 11.1. The Labute approximate surface area is 95.7 Å². The molecular weight excluding hydrogens is 202 g/mol. The molecule has 3 nitrogen and oxygen atoms in total. The van der Waals surface area contributed by atoms with Crippen molar-refractivity contribution in [2.75, 3.05) is 11.4 Å². The average Bonchev–Trinajstić information content (AvgIpc) is 2.23. The highest BCUT2D eigenvalue weighted by Crippen LogP contribution is 2.27. The van der Waals surface area contributed by atoms with Crippen LogP contribution in [0.5, 0.6) is 0 Å². The molecule has 1 fully saturated rings. The van der Waals surface area contributed by atoms with Crippen molar-refractivity contribution in [2.24, 2.45) is 0 Å². The number of hydrogen-bond donors (Lipinski definition) is 1. The number of amides is 1. The molecule has 1 aliphatic heterocycles. The minimum absolute atomic E-state index is 0.114. The maximum absolute atomic E-state index is 11.9. The molecule has 1 aromatic carbocycles. The van der Waals surface area contributed by atoms with Crippen LogP contribution >= 0.6 is 0 Å². The van der Waals surface area contributed by atoms with Crippen LogP contribution in [0.2, 0.25) is 0 Å². The molecule has 1 N–H and O–H groups in total. The predicted octanol–water partition coefficient (Wildman–Crippen LogP) is 1.79. The van der Waals surface area contributed by atoms with E-state index in [4.69, 9.17) is 0 Å². The fraction of sp³-hybridized carbons (Fsp3) is 0.462. The van der Waals surface area contributed by atoms with Crippen LogP contribution < -0.4 is 4.90 Å². The lowest BCUT2D eigenvalue weighted by molar-refractivity contribution is -0.121. The second kappa shape index (κ2) is 4.26. The van der Waals surface area contributed by atoms with Crippen molar-refractivity contribution in [3.63, 3.8) is 0 Å². The lowest BCUT2D eigenvalue weighted by atomic mass is 10.0. The molecule has 1 aliphatic rings. The number of β-amino-alcohol motifs (C(OH)–C–C–N with tert-alkyl or cyclic N) is 1. The van der Waals surface area contributed by atoms with E-state index >= 15 is 0 Å². The second-order valence-electron chi connectivity index (χ2n) is 4.44. The number of piperidine rings is 1. The summed E-state index contributed by atoms with van der Waals surface area (Å²) < 4.78 is 0. The Hall–Kier alpha value is -1.35. The summed E-state index contributed by atoms with van der Waals surface area (Å²) in [6.45, 7) is 4.41. The third kappa shape index (κ3) is 1.95. The fourth-order valence-electron chi connectivity index (χ4n) is 2.28. The lowest BCUT2D eigenvalue weighted by Crippen LogP contribution is -2.43. The van der Waals surface area contributed by atoms with Gasteiger partial charge in [0.25, 0.3) is 0 Å². The fourth-order valence-corrected chi connectivity index (χ4v) is 2.28. The Balaban J connectivity index is 2.38. The SMILES string of the molecule is Cc1cccc(C)c1N1CC(O)CCC1=O.